The average molecular weight is 366 g/mol. The van der Waals surface area contributed by atoms with Crippen LogP contribution < -0.4 is 10.9 Å². The van der Waals surface area contributed by atoms with Crippen molar-refractivity contribution in [2.45, 2.75) is 52.6 Å². The zero-order chi connectivity index (χ0) is 19.1. The number of hydrogen-bond acceptors (Lipinski definition) is 3. The Morgan fingerprint density at radius 3 is 2.85 bits per heavy atom. The van der Waals surface area contributed by atoms with Crippen LogP contribution in [-0.4, -0.2) is 26.1 Å². The Hall–Kier alpha value is -2.63. The van der Waals surface area contributed by atoms with Crippen molar-refractivity contribution in [3.05, 3.63) is 46.4 Å². The van der Waals surface area contributed by atoms with Crippen LogP contribution in [0.5, 0.6) is 0 Å². The van der Waals surface area contributed by atoms with Gasteiger partial charge in [0.25, 0.3) is 5.56 Å². The number of aryl methyl sites for hydroxylation is 1. The molecule has 1 amide bonds. The predicted octanol–water partition coefficient (Wildman–Crippen LogP) is 2.90. The molecule has 0 bridgehead atoms. The first kappa shape index (κ1) is 17.8. The van der Waals surface area contributed by atoms with Crippen LogP contribution in [0.15, 0.2) is 35.1 Å². The van der Waals surface area contributed by atoms with Gasteiger partial charge in [-0.25, -0.2) is 4.52 Å². The summed E-state index contributed by atoms with van der Waals surface area (Å²) < 4.78 is 3.79. The Morgan fingerprint density at radius 2 is 2.04 bits per heavy atom. The minimum Gasteiger partial charge on any atom is -0.351 e. The van der Waals surface area contributed by atoms with Crippen molar-refractivity contribution in [1.29, 1.82) is 0 Å². The van der Waals surface area contributed by atoms with E-state index in [4.69, 9.17) is 0 Å². The molecule has 0 saturated heterocycles. The van der Waals surface area contributed by atoms with Crippen LogP contribution in [0, 0.1) is 18.8 Å². The summed E-state index contributed by atoms with van der Waals surface area (Å²) in [5.41, 5.74) is 2.01. The quantitative estimate of drug-likeness (QED) is 0.775. The van der Waals surface area contributed by atoms with Gasteiger partial charge < -0.3 is 5.32 Å². The van der Waals surface area contributed by atoms with Crippen molar-refractivity contribution in [1.82, 2.24) is 19.5 Å². The number of aromatic nitrogens is 3. The minimum absolute atomic E-state index is 0.00158. The Bertz CT molecular complexity index is 1070. The molecule has 1 saturated carbocycles. The van der Waals surface area contributed by atoms with Crippen LogP contribution in [0.2, 0.25) is 0 Å². The van der Waals surface area contributed by atoms with Gasteiger partial charge in [-0.15, -0.1) is 0 Å². The number of nitrogens with one attached hydrogen (secondary N) is 1. The molecule has 2 aromatic heterocycles. The van der Waals surface area contributed by atoms with E-state index in [0.29, 0.717) is 17.5 Å². The number of benzene rings is 1. The molecule has 2 heterocycles. The number of rotatable bonds is 3. The molecule has 0 unspecified atom stereocenters. The van der Waals surface area contributed by atoms with E-state index in [1.54, 1.807) is 0 Å². The van der Waals surface area contributed by atoms with Gasteiger partial charge in [-0.3, -0.25) is 14.3 Å². The van der Waals surface area contributed by atoms with Crippen LogP contribution in [0.4, 0.5) is 0 Å². The van der Waals surface area contributed by atoms with Gasteiger partial charge in [-0.2, -0.15) is 4.98 Å². The van der Waals surface area contributed by atoms with Crippen molar-refractivity contribution >= 4 is 22.5 Å². The third-order valence-corrected chi connectivity index (χ3v) is 6.09. The normalized spacial score (nSPS) is 23.0. The second-order valence-electron chi connectivity index (χ2n) is 7.89. The van der Waals surface area contributed by atoms with Gasteiger partial charge in [-0.05, 0) is 37.3 Å². The maximum atomic E-state index is 12.9. The molecule has 142 valence electrons. The molecule has 0 aliphatic heterocycles. The zero-order valence-corrected chi connectivity index (χ0v) is 16.1. The number of para-hydroxylation sites is 1. The summed E-state index contributed by atoms with van der Waals surface area (Å²) in [6.07, 6.45) is 3.44. The Labute approximate surface area is 158 Å². The standard InChI is InChI=1S/C21H26N4O2/c1-13-7-6-9-17(15(13)3)22-20(27)12-24-18-10-5-4-8-16(18)21-23-19(26)11-14(2)25(21)24/h4-5,8,10-11,13,15,17H,6-7,9,12H2,1-3H3,(H,22,27)/t13-,15-,17+/m0/s1. The molecule has 27 heavy (non-hydrogen) atoms. The van der Waals surface area contributed by atoms with E-state index in [0.717, 1.165) is 29.4 Å². The summed E-state index contributed by atoms with van der Waals surface area (Å²) in [7, 11) is 0. The highest BCUT2D eigenvalue weighted by Crippen LogP contribution is 2.29. The number of carbonyl (C=O) groups is 1. The second kappa shape index (κ2) is 6.83. The first-order valence-corrected chi connectivity index (χ1v) is 9.73. The molecule has 3 aromatic rings. The SMILES string of the molecule is Cc1cc(=O)nc2c3ccccc3n(CC(=O)N[C@@H]3CCC[C@H](C)[C@@H]3C)n12. The van der Waals surface area contributed by atoms with Crippen molar-refractivity contribution in [2.24, 2.45) is 11.8 Å². The van der Waals surface area contributed by atoms with E-state index >= 15 is 0 Å². The summed E-state index contributed by atoms with van der Waals surface area (Å²) in [6, 6.07) is 9.50. The molecule has 4 rings (SSSR count). The van der Waals surface area contributed by atoms with Crippen LogP contribution in [-0.2, 0) is 11.3 Å². The number of amides is 1. The molecule has 6 heteroatoms. The lowest BCUT2D eigenvalue weighted by atomic mass is 9.78. The number of fused-ring (bicyclic) bond motifs is 3. The highest BCUT2D eigenvalue weighted by Gasteiger charge is 2.28. The van der Waals surface area contributed by atoms with Gasteiger partial charge in [0.05, 0.1) is 5.52 Å². The van der Waals surface area contributed by atoms with E-state index in [9.17, 15) is 9.59 Å². The fraction of sp³-hybridized carbons (Fsp3) is 0.476. The molecule has 0 spiro atoms. The lowest BCUT2D eigenvalue weighted by Crippen LogP contribution is -2.45. The molecule has 1 N–H and O–H groups in total. The zero-order valence-electron chi connectivity index (χ0n) is 16.1. The largest absolute Gasteiger partial charge is 0.351 e. The highest BCUT2D eigenvalue weighted by atomic mass is 16.2. The number of nitrogens with zero attached hydrogens (tertiary/aromatic N) is 3. The van der Waals surface area contributed by atoms with Crippen LogP contribution in [0.1, 0.15) is 38.8 Å². The van der Waals surface area contributed by atoms with Crippen molar-refractivity contribution in [3.63, 3.8) is 0 Å². The highest BCUT2D eigenvalue weighted by molar-refractivity contribution is 5.93. The summed E-state index contributed by atoms with van der Waals surface area (Å²) in [5.74, 6) is 1.12. The van der Waals surface area contributed by atoms with Crippen molar-refractivity contribution in [2.75, 3.05) is 0 Å². The molecular formula is C21H26N4O2. The predicted molar refractivity (Wildman–Crippen MR) is 106 cm³/mol. The lowest BCUT2D eigenvalue weighted by Gasteiger charge is -2.34. The second-order valence-corrected chi connectivity index (χ2v) is 7.89. The van der Waals surface area contributed by atoms with Gasteiger partial charge in [0.2, 0.25) is 5.91 Å². The summed E-state index contributed by atoms with van der Waals surface area (Å²) in [4.78, 5) is 29.0. The lowest BCUT2D eigenvalue weighted by molar-refractivity contribution is -0.123. The van der Waals surface area contributed by atoms with Crippen LogP contribution in [0.3, 0.4) is 0 Å². The third-order valence-electron chi connectivity index (χ3n) is 6.09. The molecule has 1 aromatic carbocycles. The Kier molecular flexibility index (Phi) is 4.50. The van der Waals surface area contributed by atoms with Gasteiger partial charge in [0.1, 0.15) is 6.54 Å². The van der Waals surface area contributed by atoms with Gasteiger partial charge in [0, 0.05) is 23.2 Å². The van der Waals surface area contributed by atoms with E-state index in [1.807, 2.05) is 40.4 Å². The number of carbonyl (C=O) groups excluding carboxylic acids is 1. The van der Waals surface area contributed by atoms with Crippen molar-refractivity contribution < 1.29 is 4.79 Å². The van der Waals surface area contributed by atoms with E-state index in [-0.39, 0.29) is 24.1 Å². The maximum absolute atomic E-state index is 12.9. The average Bonchev–Trinajstić information content (AvgIpc) is 2.93. The smallest absolute Gasteiger partial charge is 0.273 e. The Balaban J connectivity index is 1.71. The first-order valence-electron chi connectivity index (χ1n) is 9.73. The summed E-state index contributed by atoms with van der Waals surface area (Å²) >= 11 is 0. The van der Waals surface area contributed by atoms with Gasteiger partial charge in [0.15, 0.2) is 5.65 Å². The van der Waals surface area contributed by atoms with Crippen LogP contribution in [0.25, 0.3) is 16.6 Å². The fourth-order valence-corrected chi connectivity index (χ4v) is 4.40. The van der Waals surface area contributed by atoms with Crippen LogP contribution >= 0.6 is 0 Å². The van der Waals surface area contributed by atoms with E-state index in [1.165, 1.54) is 12.5 Å². The van der Waals surface area contributed by atoms with Gasteiger partial charge in [-0.1, -0.05) is 38.8 Å². The first-order chi connectivity index (χ1) is 13.0. The van der Waals surface area contributed by atoms with Gasteiger partial charge >= 0.3 is 0 Å². The summed E-state index contributed by atoms with van der Waals surface area (Å²) in [6.45, 7) is 6.57. The molecule has 1 aliphatic carbocycles. The third kappa shape index (κ3) is 3.13. The molecule has 3 atom stereocenters. The maximum Gasteiger partial charge on any atom is 0.273 e. The molecule has 6 nitrogen and oxygen atoms in total. The Morgan fingerprint density at radius 1 is 1.26 bits per heavy atom. The monoisotopic (exact) mass is 366 g/mol. The number of hydrogen-bond donors (Lipinski definition) is 1. The van der Waals surface area contributed by atoms with E-state index in [2.05, 4.69) is 24.1 Å². The molecular weight excluding hydrogens is 340 g/mol. The molecule has 1 aliphatic rings. The summed E-state index contributed by atoms with van der Waals surface area (Å²) in [5, 5.41) is 4.12. The molecule has 0 radical (unpaired) electrons. The topological polar surface area (TPSA) is 68.4 Å². The van der Waals surface area contributed by atoms with E-state index < -0.39 is 0 Å². The fourth-order valence-electron chi connectivity index (χ4n) is 4.40. The molecule has 1 fully saturated rings. The minimum atomic E-state index is -0.259. The van der Waals surface area contributed by atoms with Crippen molar-refractivity contribution in [3.8, 4) is 0 Å².